The van der Waals surface area contributed by atoms with Crippen molar-refractivity contribution in [2.24, 2.45) is 0 Å². The van der Waals surface area contributed by atoms with Gasteiger partial charge in [-0.15, -0.1) is 5.10 Å². The zero-order chi connectivity index (χ0) is 18.2. The highest BCUT2D eigenvalue weighted by Gasteiger charge is 2.09. The van der Waals surface area contributed by atoms with Crippen molar-refractivity contribution in [3.05, 3.63) is 30.5 Å². The van der Waals surface area contributed by atoms with E-state index in [4.69, 9.17) is 4.74 Å². The summed E-state index contributed by atoms with van der Waals surface area (Å²) in [4.78, 5) is 17.9. The molecule has 0 unspecified atom stereocenters. The van der Waals surface area contributed by atoms with Crippen LogP contribution in [0.2, 0.25) is 0 Å². The third-order valence-electron chi connectivity index (χ3n) is 3.83. The predicted molar refractivity (Wildman–Crippen MR) is 99.6 cm³/mol. The number of benzene rings is 1. The van der Waals surface area contributed by atoms with Crippen LogP contribution in [-0.4, -0.2) is 65.4 Å². The lowest BCUT2D eigenvalue weighted by molar-refractivity contribution is -0.114. The molecule has 0 radical (unpaired) electrons. The van der Waals surface area contributed by atoms with Crippen LogP contribution in [0.1, 0.15) is 6.92 Å². The summed E-state index contributed by atoms with van der Waals surface area (Å²) in [5.74, 6) is 0.938. The molecule has 0 spiro atoms. The van der Waals surface area contributed by atoms with E-state index in [1.807, 2.05) is 24.3 Å². The van der Waals surface area contributed by atoms with Gasteiger partial charge in [0.15, 0.2) is 5.82 Å². The summed E-state index contributed by atoms with van der Waals surface area (Å²) >= 11 is 0. The molecule has 1 amide bonds. The molecule has 0 saturated carbocycles. The Morgan fingerprint density at radius 1 is 1.27 bits per heavy atom. The van der Waals surface area contributed by atoms with E-state index in [0.717, 1.165) is 45.1 Å². The second kappa shape index (κ2) is 9.07. The third kappa shape index (κ3) is 5.64. The molecular weight excluding hydrogens is 334 g/mol. The summed E-state index contributed by atoms with van der Waals surface area (Å²) < 4.78 is 5.34. The van der Waals surface area contributed by atoms with Gasteiger partial charge in [0.1, 0.15) is 0 Å². The smallest absolute Gasteiger partial charge is 0.244 e. The van der Waals surface area contributed by atoms with E-state index in [-0.39, 0.29) is 5.91 Å². The van der Waals surface area contributed by atoms with Crippen LogP contribution in [0.4, 0.5) is 23.1 Å². The lowest BCUT2D eigenvalue weighted by Gasteiger charge is -2.26. The number of nitrogens with one attached hydrogen (secondary N) is 3. The molecule has 9 nitrogen and oxygen atoms in total. The molecule has 1 aliphatic rings. The van der Waals surface area contributed by atoms with Gasteiger partial charge in [-0.1, -0.05) is 6.07 Å². The zero-order valence-corrected chi connectivity index (χ0v) is 14.7. The highest BCUT2D eigenvalue weighted by molar-refractivity contribution is 5.89. The number of carbonyl (C=O) groups is 1. The van der Waals surface area contributed by atoms with Crippen LogP contribution >= 0.6 is 0 Å². The maximum Gasteiger partial charge on any atom is 0.244 e. The number of carbonyl (C=O) groups excluding carboxylic acids is 1. The second-order valence-corrected chi connectivity index (χ2v) is 5.93. The van der Waals surface area contributed by atoms with Crippen LogP contribution in [0.15, 0.2) is 30.5 Å². The Morgan fingerprint density at radius 2 is 2.08 bits per heavy atom. The van der Waals surface area contributed by atoms with Crippen molar-refractivity contribution in [3.8, 4) is 0 Å². The highest BCUT2D eigenvalue weighted by Crippen LogP contribution is 2.18. The largest absolute Gasteiger partial charge is 0.379 e. The maximum absolute atomic E-state index is 11.2. The lowest BCUT2D eigenvalue weighted by Crippen LogP contribution is -2.39. The topological polar surface area (TPSA) is 104 Å². The first-order valence-electron chi connectivity index (χ1n) is 8.57. The van der Waals surface area contributed by atoms with Gasteiger partial charge in [-0.05, 0) is 18.2 Å². The van der Waals surface area contributed by atoms with Gasteiger partial charge in [-0.2, -0.15) is 10.1 Å². The summed E-state index contributed by atoms with van der Waals surface area (Å²) in [6.07, 6.45) is 1.55. The minimum absolute atomic E-state index is 0.113. The number of nitrogens with zero attached hydrogens (tertiary/aromatic N) is 4. The van der Waals surface area contributed by atoms with Crippen molar-refractivity contribution in [1.82, 2.24) is 20.1 Å². The molecule has 3 rings (SSSR count). The monoisotopic (exact) mass is 357 g/mol. The Bertz CT molecular complexity index is 735. The van der Waals surface area contributed by atoms with E-state index >= 15 is 0 Å². The molecule has 1 aromatic carbocycles. The molecule has 2 heterocycles. The van der Waals surface area contributed by atoms with Gasteiger partial charge >= 0.3 is 0 Å². The fourth-order valence-corrected chi connectivity index (χ4v) is 2.62. The summed E-state index contributed by atoms with van der Waals surface area (Å²) in [5.41, 5.74) is 1.52. The van der Waals surface area contributed by atoms with Crippen LogP contribution in [0.3, 0.4) is 0 Å². The van der Waals surface area contributed by atoms with Crippen molar-refractivity contribution in [2.45, 2.75) is 6.92 Å². The Labute approximate surface area is 152 Å². The molecule has 2 aromatic rings. The van der Waals surface area contributed by atoms with Gasteiger partial charge < -0.3 is 20.7 Å². The normalized spacial score (nSPS) is 14.7. The molecule has 0 atom stereocenters. The van der Waals surface area contributed by atoms with Gasteiger partial charge in [0.25, 0.3) is 0 Å². The van der Waals surface area contributed by atoms with Gasteiger partial charge in [0, 0.05) is 44.5 Å². The fourth-order valence-electron chi connectivity index (χ4n) is 2.62. The Kier molecular flexibility index (Phi) is 6.29. The number of ether oxygens (including phenoxy) is 1. The molecule has 1 aromatic heterocycles. The van der Waals surface area contributed by atoms with E-state index in [0.29, 0.717) is 17.5 Å². The molecule has 9 heteroatoms. The third-order valence-corrected chi connectivity index (χ3v) is 3.83. The Balaban J connectivity index is 1.54. The average Bonchev–Trinajstić information content (AvgIpc) is 2.63. The van der Waals surface area contributed by atoms with Gasteiger partial charge in [-0.25, -0.2) is 0 Å². The van der Waals surface area contributed by atoms with Crippen LogP contribution in [0.25, 0.3) is 0 Å². The number of hydrogen-bond donors (Lipinski definition) is 3. The first-order valence-corrected chi connectivity index (χ1v) is 8.57. The van der Waals surface area contributed by atoms with E-state index < -0.39 is 0 Å². The average molecular weight is 357 g/mol. The molecule has 138 valence electrons. The maximum atomic E-state index is 11.2. The number of morpholine rings is 1. The van der Waals surface area contributed by atoms with E-state index in [1.54, 1.807) is 6.20 Å². The second-order valence-electron chi connectivity index (χ2n) is 5.93. The molecule has 3 N–H and O–H groups in total. The number of aromatic nitrogens is 3. The lowest BCUT2D eigenvalue weighted by atomic mass is 10.2. The molecule has 1 aliphatic heterocycles. The molecule has 0 bridgehead atoms. The van der Waals surface area contributed by atoms with Crippen LogP contribution in [-0.2, 0) is 9.53 Å². The van der Waals surface area contributed by atoms with Crippen molar-refractivity contribution in [3.63, 3.8) is 0 Å². The van der Waals surface area contributed by atoms with Gasteiger partial charge in [-0.3, -0.25) is 9.69 Å². The number of amides is 1. The number of hydrogen-bond acceptors (Lipinski definition) is 8. The van der Waals surface area contributed by atoms with Crippen molar-refractivity contribution in [1.29, 1.82) is 0 Å². The predicted octanol–water partition coefficient (Wildman–Crippen LogP) is 1.32. The Morgan fingerprint density at radius 3 is 2.88 bits per heavy atom. The van der Waals surface area contributed by atoms with E-state index in [2.05, 4.69) is 36.0 Å². The molecule has 1 saturated heterocycles. The molecule has 1 fully saturated rings. The van der Waals surface area contributed by atoms with Crippen molar-refractivity contribution < 1.29 is 9.53 Å². The number of anilines is 4. The van der Waals surface area contributed by atoms with Gasteiger partial charge in [0.05, 0.1) is 19.4 Å². The van der Waals surface area contributed by atoms with E-state index in [9.17, 15) is 4.79 Å². The fraction of sp³-hybridized carbons (Fsp3) is 0.412. The SMILES string of the molecule is CC(=O)Nc1cccc(Nc2cnnc(NCCN3CCOCC3)n2)c1. The van der Waals surface area contributed by atoms with Crippen molar-refractivity contribution in [2.75, 3.05) is 55.3 Å². The standard InChI is InChI=1S/C17H23N7O2/c1-13(25)20-14-3-2-4-15(11-14)21-16-12-19-23-17(22-16)18-5-6-24-7-9-26-10-8-24/h2-4,11-12H,5-10H2,1H3,(H,20,25)(H2,18,21,22,23). The number of rotatable bonds is 7. The Hall–Kier alpha value is -2.78. The molecular formula is C17H23N7O2. The first kappa shape index (κ1) is 18.0. The first-order chi connectivity index (χ1) is 12.7. The zero-order valence-electron chi connectivity index (χ0n) is 14.7. The summed E-state index contributed by atoms with van der Waals surface area (Å²) in [7, 11) is 0. The summed E-state index contributed by atoms with van der Waals surface area (Å²) in [6, 6.07) is 7.39. The summed E-state index contributed by atoms with van der Waals surface area (Å²) in [6.45, 7) is 6.60. The minimum atomic E-state index is -0.113. The van der Waals surface area contributed by atoms with Crippen LogP contribution in [0.5, 0.6) is 0 Å². The quantitative estimate of drug-likeness (QED) is 0.681. The van der Waals surface area contributed by atoms with Crippen molar-refractivity contribution >= 4 is 29.0 Å². The van der Waals surface area contributed by atoms with Gasteiger partial charge in [0.2, 0.25) is 11.9 Å². The molecule has 0 aliphatic carbocycles. The van der Waals surface area contributed by atoms with E-state index in [1.165, 1.54) is 6.92 Å². The van der Waals surface area contributed by atoms with Crippen LogP contribution in [0, 0.1) is 0 Å². The minimum Gasteiger partial charge on any atom is -0.379 e. The highest BCUT2D eigenvalue weighted by atomic mass is 16.5. The molecule has 26 heavy (non-hydrogen) atoms. The summed E-state index contributed by atoms with van der Waals surface area (Å²) in [5, 5.41) is 17.1. The van der Waals surface area contributed by atoms with Crippen LogP contribution < -0.4 is 16.0 Å².